The maximum absolute atomic E-state index is 13.1. The molecular weight excluding hydrogens is 332 g/mol. The Morgan fingerprint density at radius 1 is 1.23 bits per heavy atom. The minimum absolute atomic E-state index is 0.000388. The largest absolute Gasteiger partial charge is 0.497 e. The minimum atomic E-state index is -0.729. The summed E-state index contributed by atoms with van der Waals surface area (Å²) in [5, 5.41) is 0. The van der Waals surface area contributed by atoms with E-state index in [1.54, 1.807) is 36.3 Å². The molecular formula is C20H26N2O4. The molecule has 3 amide bonds. The first-order chi connectivity index (χ1) is 12.3. The van der Waals surface area contributed by atoms with Crippen LogP contribution in [0.4, 0.5) is 5.69 Å². The number of amides is 3. The number of carbonyl (C=O) groups excluding carboxylic acids is 3. The van der Waals surface area contributed by atoms with Gasteiger partial charge in [-0.15, -0.1) is 0 Å². The molecule has 1 heterocycles. The van der Waals surface area contributed by atoms with Gasteiger partial charge in [0.1, 0.15) is 11.8 Å². The van der Waals surface area contributed by atoms with Crippen molar-refractivity contribution in [2.75, 3.05) is 12.0 Å². The normalized spacial score (nSPS) is 20.5. The van der Waals surface area contributed by atoms with Gasteiger partial charge in [0.05, 0.1) is 19.2 Å². The second-order valence-electron chi connectivity index (χ2n) is 7.63. The molecule has 2 aliphatic rings. The van der Waals surface area contributed by atoms with E-state index in [1.165, 1.54) is 4.90 Å². The molecule has 1 aromatic carbocycles. The predicted octanol–water partition coefficient (Wildman–Crippen LogP) is 2.75. The number of rotatable bonds is 6. The summed E-state index contributed by atoms with van der Waals surface area (Å²) in [6.07, 6.45) is 2.48. The first kappa shape index (κ1) is 18.4. The summed E-state index contributed by atoms with van der Waals surface area (Å²) in [7, 11) is 1.56. The standard InChI is InChI=1S/C20H26N2O4/c1-5-20(2,3)22(18(24)13-6-7-13)16-12-17(23)21(19(16)25)14-8-10-15(26-4)11-9-14/h8-11,13,16H,5-7,12H2,1-4H3. The second-order valence-corrected chi connectivity index (χ2v) is 7.63. The lowest BCUT2D eigenvalue weighted by atomic mass is 9.95. The molecule has 1 saturated heterocycles. The number of anilines is 1. The van der Waals surface area contributed by atoms with Crippen molar-refractivity contribution in [2.24, 2.45) is 5.92 Å². The van der Waals surface area contributed by atoms with Crippen LogP contribution in [-0.4, -0.2) is 41.3 Å². The summed E-state index contributed by atoms with van der Waals surface area (Å²) in [5.74, 6) is 0.0572. The maximum atomic E-state index is 13.1. The summed E-state index contributed by atoms with van der Waals surface area (Å²) in [6.45, 7) is 5.91. The van der Waals surface area contributed by atoms with Gasteiger partial charge >= 0.3 is 0 Å². The van der Waals surface area contributed by atoms with Gasteiger partial charge in [0, 0.05) is 11.5 Å². The molecule has 1 saturated carbocycles. The quantitative estimate of drug-likeness (QED) is 0.734. The van der Waals surface area contributed by atoms with E-state index in [1.807, 2.05) is 20.8 Å². The molecule has 26 heavy (non-hydrogen) atoms. The lowest BCUT2D eigenvalue weighted by Gasteiger charge is -2.41. The molecule has 3 rings (SSSR count). The maximum Gasteiger partial charge on any atom is 0.257 e. The molecule has 2 fully saturated rings. The number of benzene rings is 1. The van der Waals surface area contributed by atoms with Gasteiger partial charge in [-0.3, -0.25) is 14.4 Å². The molecule has 6 heteroatoms. The summed E-state index contributed by atoms with van der Waals surface area (Å²) in [5.41, 5.74) is 0.0346. The molecule has 1 aliphatic heterocycles. The van der Waals surface area contributed by atoms with Crippen LogP contribution in [0.3, 0.4) is 0 Å². The lowest BCUT2D eigenvalue weighted by molar-refractivity contribution is -0.146. The molecule has 1 aliphatic carbocycles. The highest BCUT2D eigenvalue weighted by atomic mass is 16.5. The number of hydrogen-bond donors (Lipinski definition) is 0. The Labute approximate surface area is 154 Å². The Hall–Kier alpha value is -2.37. The van der Waals surface area contributed by atoms with Crippen molar-refractivity contribution in [1.82, 2.24) is 4.90 Å². The second kappa shape index (κ2) is 6.74. The fourth-order valence-electron chi connectivity index (χ4n) is 3.39. The fourth-order valence-corrected chi connectivity index (χ4v) is 3.39. The third kappa shape index (κ3) is 3.20. The van der Waals surface area contributed by atoms with Crippen LogP contribution in [0, 0.1) is 5.92 Å². The monoisotopic (exact) mass is 358 g/mol. The van der Waals surface area contributed by atoms with Crippen LogP contribution in [0.15, 0.2) is 24.3 Å². The summed E-state index contributed by atoms with van der Waals surface area (Å²) < 4.78 is 5.13. The zero-order valence-electron chi connectivity index (χ0n) is 15.8. The van der Waals surface area contributed by atoms with Gasteiger partial charge < -0.3 is 9.64 Å². The Morgan fingerprint density at radius 2 is 1.85 bits per heavy atom. The molecule has 0 bridgehead atoms. The molecule has 1 aromatic rings. The average molecular weight is 358 g/mol. The first-order valence-corrected chi connectivity index (χ1v) is 9.14. The van der Waals surface area contributed by atoms with E-state index in [0.29, 0.717) is 17.9 Å². The summed E-state index contributed by atoms with van der Waals surface area (Å²) in [4.78, 5) is 41.5. The van der Waals surface area contributed by atoms with E-state index in [0.717, 1.165) is 12.8 Å². The molecule has 0 aromatic heterocycles. The Kier molecular flexibility index (Phi) is 4.78. The zero-order chi connectivity index (χ0) is 19.1. The zero-order valence-corrected chi connectivity index (χ0v) is 15.8. The van der Waals surface area contributed by atoms with Crippen molar-refractivity contribution in [2.45, 2.75) is 58.0 Å². The van der Waals surface area contributed by atoms with Crippen LogP contribution in [-0.2, 0) is 14.4 Å². The Morgan fingerprint density at radius 3 is 2.35 bits per heavy atom. The van der Waals surface area contributed by atoms with Crippen LogP contribution >= 0.6 is 0 Å². The SMILES string of the molecule is CCC(C)(C)N(C(=O)C1CC1)C1CC(=O)N(c2ccc(OC)cc2)C1=O. The highest BCUT2D eigenvalue weighted by Crippen LogP contribution is 2.38. The van der Waals surface area contributed by atoms with Crippen LogP contribution in [0.2, 0.25) is 0 Å². The van der Waals surface area contributed by atoms with Crippen LogP contribution in [0.1, 0.15) is 46.5 Å². The summed E-state index contributed by atoms with van der Waals surface area (Å²) in [6, 6.07) is 6.08. The molecule has 6 nitrogen and oxygen atoms in total. The smallest absolute Gasteiger partial charge is 0.257 e. The van der Waals surface area contributed by atoms with Crippen molar-refractivity contribution >= 4 is 23.4 Å². The van der Waals surface area contributed by atoms with E-state index in [4.69, 9.17) is 4.74 Å². The van der Waals surface area contributed by atoms with Crippen molar-refractivity contribution < 1.29 is 19.1 Å². The van der Waals surface area contributed by atoms with Crippen molar-refractivity contribution in [3.63, 3.8) is 0 Å². The van der Waals surface area contributed by atoms with Crippen LogP contribution in [0.25, 0.3) is 0 Å². The van der Waals surface area contributed by atoms with Crippen molar-refractivity contribution in [3.05, 3.63) is 24.3 Å². The number of carbonyl (C=O) groups is 3. The van der Waals surface area contributed by atoms with Gasteiger partial charge in [0.15, 0.2) is 0 Å². The predicted molar refractivity (Wildman–Crippen MR) is 97.8 cm³/mol. The van der Waals surface area contributed by atoms with Gasteiger partial charge in [-0.05, 0) is 57.4 Å². The Bertz CT molecular complexity index is 722. The minimum Gasteiger partial charge on any atom is -0.497 e. The van der Waals surface area contributed by atoms with E-state index in [9.17, 15) is 14.4 Å². The topological polar surface area (TPSA) is 66.9 Å². The average Bonchev–Trinajstić information content (AvgIpc) is 3.42. The van der Waals surface area contributed by atoms with E-state index in [-0.39, 0.29) is 30.1 Å². The van der Waals surface area contributed by atoms with Gasteiger partial charge in [-0.25, -0.2) is 4.90 Å². The van der Waals surface area contributed by atoms with Gasteiger partial charge in [-0.2, -0.15) is 0 Å². The van der Waals surface area contributed by atoms with E-state index >= 15 is 0 Å². The van der Waals surface area contributed by atoms with Crippen LogP contribution < -0.4 is 9.64 Å². The molecule has 0 N–H and O–H groups in total. The number of ether oxygens (including phenoxy) is 1. The van der Waals surface area contributed by atoms with Gasteiger partial charge in [0.2, 0.25) is 11.8 Å². The molecule has 1 atom stereocenters. The third-order valence-corrected chi connectivity index (χ3v) is 5.45. The Balaban J connectivity index is 1.91. The molecule has 1 unspecified atom stereocenters. The molecule has 0 spiro atoms. The van der Waals surface area contributed by atoms with Crippen molar-refractivity contribution in [3.8, 4) is 5.75 Å². The molecule has 0 radical (unpaired) electrons. The van der Waals surface area contributed by atoms with Gasteiger partial charge in [-0.1, -0.05) is 6.92 Å². The number of hydrogen-bond acceptors (Lipinski definition) is 4. The fraction of sp³-hybridized carbons (Fsp3) is 0.550. The summed E-state index contributed by atoms with van der Waals surface area (Å²) >= 11 is 0. The van der Waals surface area contributed by atoms with E-state index < -0.39 is 11.6 Å². The third-order valence-electron chi connectivity index (χ3n) is 5.45. The van der Waals surface area contributed by atoms with E-state index in [2.05, 4.69) is 0 Å². The van der Waals surface area contributed by atoms with Crippen molar-refractivity contribution in [1.29, 1.82) is 0 Å². The highest BCUT2D eigenvalue weighted by Gasteiger charge is 2.50. The van der Waals surface area contributed by atoms with Crippen LogP contribution in [0.5, 0.6) is 5.75 Å². The number of imide groups is 1. The highest BCUT2D eigenvalue weighted by molar-refractivity contribution is 6.23. The molecule has 140 valence electrons. The van der Waals surface area contributed by atoms with Gasteiger partial charge in [0.25, 0.3) is 5.91 Å². The first-order valence-electron chi connectivity index (χ1n) is 9.14. The lowest BCUT2D eigenvalue weighted by Crippen LogP contribution is -2.56. The number of methoxy groups -OCH3 is 1. The number of nitrogens with zero attached hydrogens (tertiary/aromatic N) is 2.